The van der Waals surface area contributed by atoms with E-state index in [1.54, 1.807) is 13.0 Å². The van der Waals surface area contributed by atoms with Crippen molar-refractivity contribution >= 4 is 66.0 Å². The molecule has 0 aromatic heterocycles. The zero-order valence-corrected chi connectivity index (χ0v) is 26.9. The lowest BCUT2D eigenvalue weighted by Gasteiger charge is -2.12. The summed E-state index contributed by atoms with van der Waals surface area (Å²) in [4.78, 5) is 4.26. The van der Waals surface area contributed by atoms with Gasteiger partial charge in [-0.05, 0) is 72.7 Å². The van der Waals surface area contributed by atoms with E-state index in [1.807, 2.05) is 10.4 Å². The smallest absolute Gasteiger partial charge is 0.229 e. The van der Waals surface area contributed by atoms with Crippen LogP contribution < -0.4 is 26.2 Å². The Morgan fingerprint density at radius 2 is 1.36 bits per heavy atom. The minimum Gasteiger partial charge on any atom is -0.372 e. The first kappa shape index (κ1) is 38.9. The van der Waals surface area contributed by atoms with Crippen LogP contribution in [0.15, 0.2) is 29.3 Å². The Morgan fingerprint density at radius 1 is 0.929 bits per heavy atom. The molecule has 1 aliphatic rings. The number of anilines is 2. The van der Waals surface area contributed by atoms with Crippen molar-refractivity contribution in [1.82, 2.24) is 5.32 Å². The third kappa shape index (κ3) is 15.2. The number of thiocarbonyl (C=S) groups is 2. The van der Waals surface area contributed by atoms with Crippen LogP contribution in [0.2, 0.25) is 0 Å². The molecule has 0 spiro atoms. The Morgan fingerprint density at radius 3 is 1.71 bits per heavy atom. The maximum absolute atomic E-state index is 14.1. The number of nitrogens with zero attached hydrogens (tertiary/aromatic N) is 2. The summed E-state index contributed by atoms with van der Waals surface area (Å²) in [6, 6.07) is 7.92. The molecule has 42 heavy (non-hydrogen) atoms. The van der Waals surface area contributed by atoms with Gasteiger partial charge in [-0.3, -0.25) is 14.4 Å². The number of sulfonamides is 2. The molecule has 1 heterocycles. The van der Waals surface area contributed by atoms with Gasteiger partial charge in [-0.2, -0.15) is 5.26 Å². The Balaban J connectivity index is 0.000000662. The molecule has 0 radical (unpaired) electrons. The monoisotopic (exact) mass is 663 g/mol. The summed E-state index contributed by atoms with van der Waals surface area (Å²) in [5, 5.41) is 11.6. The molecule has 0 unspecified atom stereocenters. The number of rotatable bonds is 8. The first-order valence-electron chi connectivity index (χ1n) is 12.1. The van der Waals surface area contributed by atoms with Crippen molar-refractivity contribution in [2.45, 2.75) is 26.7 Å². The van der Waals surface area contributed by atoms with Gasteiger partial charge < -0.3 is 16.8 Å². The van der Waals surface area contributed by atoms with Crippen LogP contribution in [-0.4, -0.2) is 65.7 Å². The number of halogens is 2. The van der Waals surface area contributed by atoms with Crippen LogP contribution >= 0.6 is 24.4 Å². The van der Waals surface area contributed by atoms with E-state index in [0.717, 1.165) is 37.0 Å². The van der Waals surface area contributed by atoms with Crippen LogP contribution in [0.1, 0.15) is 22.3 Å². The molecule has 11 nitrogen and oxygen atoms in total. The molecule has 2 aromatic carbocycles. The summed E-state index contributed by atoms with van der Waals surface area (Å²) in [6.45, 7) is 5.89. The zero-order valence-electron chi connectivity index (χ0n) is 23.6. The fourth-order valence-corrected chi connectivity index (χ4v) is 4.34. The Labute approximate surface area is 256 Å². The minimum atomic E-state index is -3.50. The van der Waals surface area contributed by atoms with Gasteiger partial charge in [-0.1, -0.05) is 12.1 Å². The van der Waals surface area contributed by atoms with Crippen molar-refractivity contribution < 1.29 is 25.6 Å². The summed E-state index contributed by atoms with van der Waals surface area (Å²) >= 11 is 7.92. The number of nitrogens with two attached hydrogens (primary N) is 2. The van der Waals surface area contributed by atoms with Crippen LogP contribution in [0, 0.1) is 36.8 Å². The van der Waals surface area contributed by atoms with E-state index in [4.69, 9.17) is 16.7 Å². The summed E-state index contributed by atoms with van der Waals surface area (Å²) in [5.74, 6) is -0.342. The molecule has 0 aliphatic carbocycles. The molecule has 0 fully saturated rings. The molecule has 2 aromatic rings. The van der Waals surface area contributed by atoms with Gasteiger partial charge in [0.05, 0.1) is 42.9 Å². The molecule has 1 aliphatic heterocycles. The van der Waals surface area contributed by atoms with Gasteiger partial charge in [0.25, 0.3) is 0 Å². The van der Waals surface area contributed by atoms with Gasteiger partial charge in [0.2, 0.25) is 20.0 Å². The summed E-state index contributed by atoms with van der Waals surface area (Å²) in [6.07, 6.45) is 2.57. The summed E-state index contributed by atoms with van der Waals surface area (Å²) < 4.78 is 78.0. The number of benzene rings is 2. The maximum atomic E-state index is 14.1. The lowest BCUT2D eigenvalue weighted by molar-refractivity contribution is 0.601. The van der Waals surface area contributed by atoms with Crippen molar-refractivity contribution in [3.8, 4) is 6.07 Å². The van der Waals surface area contributed by atoms with Crippen LogP contribution in [0.25, 0.3) is 0 Å². The lowest BCUT2D eigenvalue weighted by atomic mass is 10.0. The molecule has 0 saturated heterocycles. The highest BCUT2D eigenvalue weighted by Crippen LogP contribution is 2.23. The van der Waals surface area contributed by atoms with E-state index in [-0.39, 0.29) is 23.4 Å². The van der Waals surface area contributed by atoms with Crippen molar-refractivity contribution in [3.63, 3.8) is 0 Å². The molecule has 0 bridgehead atoms. The highest BCUT2D eigenvalue weighted by atomic mass is 32.2. The van der Waals surface area contributed by atoms with Crippen molar-refractivity contribution in [2.75, 3.05) is 48.1 Å². The van der Waals surface area contributed by atoms with Crippen molar-refractivity contribution in [2.24, 2.45) is 16.5 Å². The Kier molecular flexibility index (Phi) is 17.7. The first-order chi connectivity index (χ1) is 19.5. The third-order valence-electron chi connectivity index (χ3n) is 5.13. The SMILES string of the molecule is Cc1c(CC#N)ccc(NS(C)(=O)=O)c1F.Cc1c(CC2=NCCN2)ccc(NS(C)(=O)=O)c1F.NCCN.S=C=S. The van der Waals surface area contributed by atoms with Crippen LogP contribution in [0.5, 0.6) is 0 Å². The van der Waals surface area contributed by atoms with Crippen molar-refractivity contribution in [1.29, 1.82) is 5.26 Å². The average Bonchev–Trinajstić information content (AvgIpc) is 3.41. The highest BCUT2D eigenvalue weighted by Gasteiger charge is 2.15. The molecule has 17 heteroatoms. The predicted octanol–water partition coefficient (Wildman–Crippen LogP) is 2.54. The number of amidine groups is 1. The second-order valence-electron chi connectivity index (χ2n) is 8.60. The molecular weight excluding hydrogens is 629 g/mol. The van der Waals surface area contributed by atoms with Crippen LogP contribution in [0.4, 0.5) is 20.2 Å². The average molecular weight is 664 g/mol. The van der Waals surface area contributed by atoms with Gasteiger partial charge in [0.1, 0.15) is 17.5 Å². The molecule has 7 N–H and O–H groups in total. The predicted molar refractivity (Wildman–Crippen MR) is 171 cm³/mol. The third-order valence-corrected chi connectivity index (χ3v) is 6.31. The Bertz CT molecular complexity index is 1520. The van der Waals surface area contributed by atoms with Gasteiger partial charge >= 0.3 is 0 Å². The number of hydrogen-bond acceptors (Lipinski definition) is 11. The normalized spacial score (nSPS) is 11.8. The largest absolute Gasteiger partial charge is 0.372 e. The fourth-order valence-electron chi connectivity index (χ4n) is 3.22. The number of nitrogens with one attached hydrogen (secondary N) is 3. The van der Waals surface area contributed by atoms with E-state index in [0.29, 0.717) is 30.6 Å². The fraction of sp³-hybridized carbons (Fsp3) is 0.400. The molecule has 232 valence electrons. The quantitative estimate of drug-likeness (QED) is 0.262. The summed E-state index contributed by atoms with van der Waals surface area (Å²) in [7, 11) is -6.97. The standard InChI is InChI=1S/C12H16FN3O2S.C10H11FN2O2S.C2H8N2.CS2/c1-8-9(7-11-14-5-6-15-11)3-4-10(12(8)13)16-19(2,17)18;1-7-8(5-6-12)3-4-9(10(7)11)13-16(2,14)15;3-1-2-4;2-1-3/h3-4,16H,5-7H2,1-2H3,(H,14,15);3-4,13H,5H2,1-2H3;1-4H2;. The van der Waals surface area contributed by atoms with Crippen LogP contribution in [0.3, 0.4) is 0 Å². The topological polar surface area (TPSA) is 193 Å². The van der Waals surface area contributed by atoms with Gasteiger partial charge in [-0.25, -0.2) is 25.6 Å². The number of hydrogen-bond donors (Lipinski definition) is 5. The maximum Gasteiger partial charge on any atom is 0.229 e. The van der Waals surface area contributed by atoms with E-state index in [9.17, 15) is 25.6 Å². The van der Waals surface area contributed by atoms with Gasteiger partial charge in [0.15, 0.2) is 0 Å². The van der Waals surface area contributed by atoms with E-state index >= 15 is 0 Å². The Hall–Kier alpha value is -3.10. The molecule has 0 atom stereocenters. The van der Waals surface area contributed by atoms with Crippen LogP contribution in [-0.2, 0) is 32.9 Å². The minimum absolute atomic E-state index is 0.0231. The lowest BCUT2D eigenvalue weighted by Crippen LogP contribution is -2.21. The summed E-state index contributed by atoms with van der Waals surface area (Å²) in [5.41, 5.74) is 11.8. The van der Waals surface area contributed by atoms with Gasteiger partial charge in [-0.15, -0.1) is 0 Å². The number of nitriles is 1. The molecular formula is C25H35F2N7O4S4. The molecule has 3 rings (SSSR count). The van der Waals surface area contributed by atoms with E-state index in [2.05, 4.69) is 44.2 Å². The van der Waals surface area contributed by atoms with E-state index < -0.39 is 31.7 Å². The first-order valence-corrected chi connectivity index (χ1v) is 16.7. The second kappa shape index (κ2) is 19.2. The second-order valence-corrected chi connectivity index (χ2v) is 12.8. The molecule has 0 saturated carbocycles. The number of aliphatic imine (C=N–C) groups is 1. The highest BCUT2D eigenvalue weighted by molar-refractivity contribution is 7.93. The zero-order chi connectivity index (χ0) is 32.5. The molecule has 0 amide bonds. The van der Waals surface area contributed by atoms with Gasteiger partial charge in [0, 0.05) is 30.4 Å². The van der Waals surface area contributed by atoms with E-state index in [1.165, 1.54) is 25.1 Å². The van der Waals surface area contributed by atoms with Crippen molar-refractivity contribution in [3.05, 3.63) is 58.2 Å².